The van der Waals surface area contributed by atoms with Crippen molar-refractivity contribution in [2.24, 2.45) is 0 Å². The molecule has 21 heavy (non-hydrogen) atoms. The fourth-order valence-corrected chi connectivity index (χ4v) is 5.90. The zero-order valence-electron chi connectivity index (χ0n) is 12.0. The topological polar surface area (TPSA) is 91.8 Å². The molecule has 0 saturated carbocycles. The molecule has 1 saturated heterocycles. The van der Waals surface area contributed by atoms with Gasteiger partial charge in [0.15, 0.2) is 9.84 Å². The molecule has 0 aliphatic carbocycles. The Labute approximate surface area is 125 Å². The van der Waals surface area contributed by atoms with Gasteiger partial charge in [0.2, 0.25) is 10.0 Å². The molecule has 0 amide bonds. The number of nitrogens with zero attached hydrogens (tertiary/aromatic N) is 1. The first-order valence-corrected chi connectivity index (χ1v) is 9.86. The molecule has 0 radical (unpaired) electrons. The summed E-state index contributed by atoms with van der Waals surface area (Å²) in [7, 11) is -6.93. The molecular weight excluding hydrogens is 314 g/mol. The van der Waals surface area contributed by atoms with E-state index in [9.17, 15) is 21.9 Å². The Morgan fingerprint density at radius 1 is 1.38 bits per heavy atom. The van der Waals surface area contributed by atoms with Crippen molar-refractivity contribution < 1.29 is 21.9 Å². The second-order valence-electron chi connectivity index (χ2n) is 5.33. The first-order chi connectivity index (χ1) is 9.67. The van der Waals surface area contributed by atoms with Gasteiger partial charge in [-0.2, -0.15) is 4.31 Å². The summed E-state index contributed by atoms with van der Waals surface area (Å²) in [5.74, 6) is -0.319. The molecule has 0 bridgehead atoms. The van der Waals surface area contributed by atoms with E-state index >= 15 is 0 Å². The van der Waals surface area contributed by atoms with Crippen molar-refractivity contribution in [1.29, 1.82) is 0 Å². The molecule has 1 aromatic carbocycles. The van der Waals surface area contributed by atoms with Gasteiger partial charge in [0.05, 0.1) is 23.0 Å². The summed E-state index contributed by atoms with van der Waals surface area (Å²) in [4.78, 5) is 0.0864. The maximum absolute atomic E-state index is 12.6. The van der Waals surface area contributed by atoms with E-state index in [1.807, 2.05) is 0 Å². The lowest BCUT2D eigenvalue weighted by atomic mass is 10.1. The second kappa shape index (κ2) is 5.68. The Bertz CT molecular complexity index is 740. The van der Waals surface area contributed by atoms with Crippen molar-refractivity contribution in [1.82, 2.24) is 4.31 Å². The van der Waals surface area contributed by atoms with Gasteiger partial charge in [-0.3, -0.25) is 0 Å². The standard InChI is InChI=1S/C13H19NO5S2/c1-10-3-4-13(7-12(10)8-15)21(18,19)14-5-6-20(16,17)9-11(14)2/h3-4,7,11,15H,5-6,8-9H2,1-2H3. The van der Waals surface area contributed by atoms with Crippen molar-refractivity contribution in [3.8, 4) is 0 Å². The summed E-state index contributed by atoms with van der Waals surface area (Å²) in [5.41, 5.74) is 1.36. The molecule has 1 heterocycles. The van der Waals surface area contributed by atoms with E-state index in [0.29, 0.717) is 5.56 Å². The van der Waals surface area contributed by atoms with Gasteiger partial charge in [0, 0.05) is 12.6 Å². The third-order valence-corrected chi connectivity index (χ3v) is 7.51. The van der Waals surface area contributed by atoms with Crippen LogP contribution in [0, 0.1) is 6.92 Å². The number of sulfonamides is 1. The lowest BCUT2D eigenvalue weighted by Gasteiger charge is -2.32. The summed E-state index contributed by atoms with van der Waals surface area (Å²) in [6.45, 7) is 3.11. The normalized spacial score (nSPS) is 23.1. The molecule has 118 valence electrons. The number of aliphatic hydroxyl groups is 1. The molecule has 1 fully saturated rings. The van der Waals surface area contributed by atoms with Crippen LogP contribution in [0.2, 0.25) is 0 Å². The Hall–Kier alpha value is -0.960. The van der Waals surface area contributed by atoms with Gasteiger partial charge in [0.25, 0.3) is 0 Å². The smallest absolute Gasteiger partial charge is 0.243 e. The average Bonchev–Trinajstić information content (AvgIpc) is 2.37. The Kier molecular flexibility index (Phi) is 4.44. The fourth-order valence-electron chi connectivity index (χ4n) is 2.45. The quantitative estimate of drug-likeness (QED) is 0.859. The van der Waals surface area contributed by atoms with Crippen LogP contribution in [0.5, 0.6) is 0 Å². The molecule has 8 heteroatoms. The minimum Gasteiger partial charge on any atom is -0.392 e. The third-order valence-electron chi connectivity index (χ3n) is 3.71. The van der Waals surface area contributed by atoms with Crippen LogP contribution < -0.4 is 0 Å². The van der Waals surface area contributed by atoms with E-state index in [1.54, 1.807) is 19.9 Å². The van der Waals surface area contributed by atoms with Crippen LogP contribution in [0.15, 0.2) is 23.1 Å². The molecule has 1 aliphatic heterocycles. The zero-order chi connectivity index (χ0) is 15.8. The average molecular weight is 333 g/mol. The molecule has 0 spiro atoms. The molecule has 1 unspecified atom stereocenters. The third kappa shape index (κ3) is 3.28. The van der Waals surface area contributed by atoms with Crippen molar-refractivity contribution in [3.63, 3.8) is 0 Å². The van der Waals surface area contributed by atoms with Crippen LogP contribution in [0.3, 0.4) is 0 Å². The zero-order valence-corrected chi connectivity index (χ0v) is 13.6. The van der Waals surface area contributed by atoms with Crippen molar-refractivity contribution >= 4 is 19.9 Å². The number of sulfone groups is 1. The predicted molar refractivity (Wildman–Crippen MR) is 79.1 cm³/mol. The number of benzene rings is 1. The lowest BCUT2D eigenvalue weighted by molar-refractivity contribution is 0.280. The van der Waals surface area contributed by atoms with Crippen LogP contribution >= 0.6 is 0 Å². The van der Waals surface area contributed by atoms with Crippen molar-refractivity contribution in [3.05, 3.63) is 29.3 Å². The van der Waals surface area contributed by atoms with Crippen LogP contribution in [-0.2, 0) is 26.5 Å². The van der Waals surface area contributed by atoms with E-state index in [0.717, 1.165) is 5.56 Å². The first kappa shape index (κ1) is 16.4. The maximum atomic E-state index is 12.6. The highest BCUT2D eigenvalue weighted by atomic mass is 32.2. The van der Waals surface area contributed by atoms with Crippen LogP contribution in [-0.4, -0.2) is 50.3 Å². The highest BCUT2D eigenvalue weighted by Crippen LogP contribution is 2.24. The fraction of sp³-hybridized carbons (Fsp3) is 0.538. The maximum Gasteiger partial charge on any atom is 0.243 e. The SMILES string of the molecule is Cc1ccc(S(=O)(=O)N2CCS(=O)(=O)CC2C)cc1CO. The molecule has 1 aromatic rings. The van der Waals surface area contributed by atoms with Gasteiger partial charge in [-0.1, -0.05) is 6.07 Å². The van der Waals surface area contributed by atoms with Crippen molar-refractivity contribution in [2.75, 3.05) is 18.1 Å². The van der Waals surface area contributed by atoms with Gasteiger partial charge in [-0.15, -0.1) is 0 Å². The van der Waals surface area contributed by atoms with Gasteiger partial charge in [-0.05, 0) is 37.1 Å². The number of aryl methyl sites for hydroxylation is 1. The number of rotatable bonds is 3. The predicted octanol–water partition coefficient (Wildman–Crippen LogP) is 0.295. The Morgan fingerprint density at radius 3 is 2.62 bits per heavy atom. The highest BCUT2D eigenvalue weighted by Gasteiger charge is 2.36. The van der Waals surface area contributed by atoms with E-state index in [1.165, 1.54) is 16.4 Å². The van der Waals surface area contributed by atoms with Gasteiger partial charge >= 0.3 is 0 Å². The lowest BCUT2D eigenvalue weighted by Crippen LogP contribution is -2.49. The molecule has 0 aromatic heterocycles. The molecule has 1 atom stereocenters. The van der Waals surface area contributed by atoms with Gasteiger partial charge in [0.1, 0.15) is 0 Å². The Balaban J connectivity index is 2.39. The number of hydrogen-bond acceptors (Lipinski definition) is 5. The molecule has 6 nitrogen and oxygen atoms in total. The van der Waals surface area contributed by atoms with E-state index in [4.69, 9.17) is 0 Å². The van der Waals surface area contributed by atoms with Gasteiger partial charge < -0.3 is 5.11 Å². The summed E-state index contributed by atoms with van der Waals surface area (Å²) < 4.78 is 49.6. The van der Waals surface area contributed by atoms with Crippen LogP contribution in [0.4, 0.5) is 0 Å². The van der Waals surface area contributed by atoms with E-state index in [2.05, 4.69) is 0 Å². The highest BCUT2D eigenvalue weighted by molar-refractivity contribution is 7.92. The van der Waals surface area contributed by atoms with E-state index in [-0.39, 0.29) is 29.6 Å². The summed E-state index contributed by atoms with van der Waals surface area (Å²) in [6.07, 6.45) is 0. The minimum atomic E-state index is -3.75. The minimum absolute atomic E-state index is 0.0336. The molecule has 1 N–H and O–H groups in total. The van der Waals surface area contributed by atoms with E-state index < -0.39 is 25.9 Å². The van der Waals surface area contributed by atoms with Crippen LogP contribution in [0.1, 0.15) is 18.1 Å². The number of hydrogen-bond donors (Lipinski definition) is 1. The van der Waals surface area contributed by atoms with Crippen molar-refractivity contribution in [2.45, 2.75) is 31.4 Å². The van der Waals surface area contributed by atoms with Gasteiger partial charge in [-0.25, -0.2) is 16.8 Å². The van der Waals surface area contributed by atoms with Crippen LogP contribution in [0.25, 0.3) is 0 Å². The second-order valence-corrected chi connectivity index (χ2v) is 9.44. The molecular formula is C13H19NO5S2. The summed E-state index contributed by atoms with van der Waals surface area (Å²) in [5, 5.41) is 9.25. The molecule has 1 aliphatic rings. The Morgan fingerprint density at radius 2 is 2.05 bits per heavy atom. The monoisotopic (exact) mass is 333 g/mol. The first-order valence-electron chi connectivity index (χ1n) is 6.60. The largest absolute Gasteiger partial charge is 0.392 e. The molecule has 2 rings (SSSR count). The number of aliphatic hydroxyl groups excluding tert-OH is 1. The summed E-state index contributed by atoms with van der Waals surface area (Å²) in [6, 6.07) is 3.98. The summed E-state index contributed by atoms with van der Waals surface area (Å²) >= 11 is 0.